The van der Waals surface area contributed by atoms with Gasteiger partial charge in [0.15, 0.2) is 0 Å². The molecule has 0 N–H and O–H groups in total. The summed E-state index contributed by atoms with van der Waals surface area (Å²) in [5.41, 5.74) is 0. The third-order valence-corrected chi connectivity index (χ3v) is 0. The molecule has 0 atom stereocenters. The fraction of sp³-hybridized carbons (Fsp3) is 0. The van der Waals surface area contributed by atoms with Gasteiger partial charge in [-0.2, -0.15) is 0 Å². The van der Waals surface area contributed by atoms with Crippen molar-refractivity contribution in [1.82, 2.24) is 0 Å². The van der Waals surface area contributed by atoms with Gasteiger partial charge in [0.05, 0.1) is 0 Å². The Hall–Kier alpha value is 2.06. The smallest absolute Gasteiger partial charge is 2.00 e. The summed E-state index contributed by atoms with van der Waals surface area (Å²) < 4.78 is 0. The van der Waals surface area contributed by atoms with E-state index in [2.05, 4.69) is 0 Å². The first kappa shape index (κ1) is 139. The maximum atomic E-state index is 0. The SMILES string of the molecule is [Co+2].[Fe+3].[La+3].[O-2].[O-2].[O-2].[O-2]. The van der Waals surface area contributed by atoms with Crippen LogP contribution in [0.2, 0.25) is 0 Å². The van der Waals surface area contributed by atoms with Crippen LogP contribution in [0.5, 0.6) is 0 Å². The maximum absolute atomic E-state index is 0. The van der Waals surface area contributed by atoms with E-state index in [4.69, 9.17) is 0 Å². The summed E-state index contributed by atoms with van der Waals surface area (Å²) in [4.78, 5) is 0. The summed E-state index contributed by atoms with van der Waals surface area (Å²) in [5, 5.41) is 0. The molecule has 0 amide bonds. The van der Waals surface area contributed by atoms with E-state index in [1.54, 1.807) is 0 Å². The summed E-state index contributed by atoms with van der Waals surface area (Å²) in [6.45, 7) is 0. The topological polar surface area (TPSA) is 114 Å². The summed E-state index contributed by atoms with van der Waals surface area (Å²) >= 11 is 0. The molecule has 0 bridgehead atoms. The molecular formula is CoFeLaO4. The molecule has 0 heterocycles. The zero-order valence-corrected chi connectivity index (χ0v) is 8.67. The van der Waals surface area contributed by atoms with Crippen molar-refractivity contribution in [2.45, 2.75) is 0 Å². The van der Waals surface area contributed by atoms with Crippen LogP contribution in [0.15, 0.2) is 0 Å². The zero-order chi connectivity index (χ0) is 0. The van der Waals surface area contributed by atoms with Gasteiger partial charge < -0.3 is 21.9 Å². The molecule has 0 aromatic heterocycles. The zero-order valence-electron chi connectivity index (χ0n) is 2.90. The van der Waals surface area contributed by atoms with Crippen LogP contribution in [0, 0.1) is 35.6 Å². The van der Waals surface area contributed by atoms with Gasteiger partial charge in [-0.05, 0) is 0 Å². The molecule has 0 spiro atoms. The molecule has 0 aliphatic carbocycles. The Morgan fingerprint density at radius 2 is 0.571 bits per heavy atom. The predicted octanol–water partition coefficient (Wildman–Crippen LogP) is -0.480. The van der Waals surface area contributed by atoms with Gasteiger partial charge in [0, 0.05) is 0 Å². The van der Waals surface area contributed by atoms with Crippen LogP contribution < -0.4 is 0 Å². The van der Waals surface area contributed by atoms with Crippen LogP contribution in [-0.2, 0) is 55.8 Å². The molecule has 7 heavy (non-hydrogen) atoms. The van der Waals surface area contributed by atoms with Crippen molar-refractivity contribution in [1.29, 1.82) is 0 Å². The molecular weight excluding hydrogens is 318 g/mol. The molecule has 44 valence electrons. The van der Waals surface area contributed by atoms with E-state index in [1.165, 1.54) is 0 Å². The van der Waals surface area contributed by atoms with E-state index in [0.29, 0.717) is 0 Å². The Balaban J connectivity index is 0. The molecule has 0 aromatic rings. The fourth-order valence-electron chi connectivity index (χ4n) is 0. The molecule has 0 saturated carbocycles. The fourth-order valence-corrected chi connectivity index (χ4v) is 0. The second-order valence-electron chi connectivity index (χ2n) is 0. The van der Waals surface area contributed by atoms with Gasteiger partial charge >= 0.3 is 69.4 Å². The number of hydrogen-bond donors (Lipinski definition) is 0. The third kappa shape index (κ3) is 69.7. The molecule has 7 heteroatoms. The minimum absolute atomic E-state index is 0. The van der Waals surface area contributed by atoms with Crippen LogP contribution >= 0.6 is 0 Å². The summed E-state index contributed by atoms with van der Waals surface area (Å²) in [7, 11) is 0. The largest absolute Gasteiger partial charge is 3.00 e. The van der Waals surface area contributed by atoms with E-state index in [0.717, 1.165) is 0 Å². The van der Waals surface area contributed by atoms with E-state index >= 15 is 0 Å². The van der Waals surface area contributed by atoms with Crippen molar-refractivity contribution >= 4 is 0 Å². The Kier molecular flexibility index (Phi) is 1870. The average molecular weight is 318 g/mol. The second-order valence-corrected chi connectivity index (χ2v) is 0. The molecule has 0 saturated heterocycles. The van der Waals surface area contributed by atoms with Gasteiger partial charge in [-0.3, -0.25) is 0 Å². The Bertz CT molecular complexity index is 11.7. The maximum Gasteiger partial charge on any atom is 3.00 e. The Labute approximate surface area is 90.3 Å². The minimum atomic E-state index is 0. The van der Waals surface area contributed by atoms with E-state index in [9.17, 15) is 0 Å². The Morgan fingerprint density at radius 1 is 0.571 bits per heavy atom. The van der Waals surface area contributed by atoms with Gasteiger partial charge in [-0.1, -0.05) is 0 Å². The van der Waals surface area contributed by atoms with Crippen LogP contribution in [0.4, 0.5) is 0 Å². The first-order valence-corrected chi connectivity index (χ1v) is 0. The average Bonchev–Trinajstić information content (AvgIpc) is 0. The van der Waals surface area contributed by atoms with Crippen molar-refractivity contribution in [3.63, 3.8) is 0 Å². The number of rotatable bonds is 0. The quantitative estimate of drug-likeness (QED) is 0.537. The van der Waals surface area contributed by atoms with E-state index in [1.807, 2.05) is 0 Å². The standard InChI is InChI=1S/Co.Fe.La.4O/q+2;2*+3;4*-2. The predicted molar refractivity (Wildman–Crippen MR) is 2.75 cm³/mol. The molecule has 0 aromatic carbocycles. The molecule has 4 nitrogen and oxygen atoms in total. The monoisotopic (exact) mass is 318 g/mol. The Morgan fingerprint density at radius 3 is 0.571 bits per heavy atom. The minimum Gasteiger partial charge on any atom is -2.00 e. The normalized spacial score (nSPS) is 0. The summed E-state index contributed by atoms with van der Waals surface area (Å²) in [6, 6.07) is 0. The first-order chi connectivity index (χ1) is 0. The van der Waals surface area contributed by atoms with Crippen LogP contribution in [0.1, 0.15) is 0 Å². The summed E-state index contributed by atoms with van der Waals surface area (Å²) in [6.07, 6.45) is 0. The third-order valence-electron chi connectivity index (χ3n) is 0. The summed E-state index contributed by atoms with van der Waals surface area (Å²) in [5.74, 6) is 0. The van der Waals surface area contributed by atoms with Gasteiger partial charge in [-0.25, -0.2) is 0 Å². The van der Waals surface area contributed by atoms with Crippen LogP contribution in [0.3, 0.4) is 0 Å². The molecule has 0 aliphatic heterocycles. The van der Waals surface area contributed by atoms with Crippen molar-refractivity contribution < 1.29 is 91.4 Å². The second kappa shape index (κ2) is 94.6. The molecule has 0 rings (SSSR count). The van der Waals surface area contributed by atoms with Gasteiger partial charge in [-0.15, -0.1) is 0 Å². The van der Waals surface area contributed by atoms with Gasteiger partial charge in [0.25, 0.3) is 0 Å². The van der Waals surface area contributed by atoms with E-state index in [-0.39, 0.29) is 91.4 Å². The van der Waals surface area contributed by atoms with Crippen molar-refractivity contribution in [3.05, 3.63) is 0 Å². The van der Waals surface area contributed by atoms with Crippen LogP contribution in [0.25, 0.3) is 0 Å². The van der Waals surface area contributed by atoms with Crippen molar-refractivity contribution in [2.75, 3.05) is 0 Å². The van der Waals surface area contributed by atoms with Crippen molar-refractivity contribution in [3.8, 4) is 0 Å². The number of hydrogen-bond acceptors (Lipinski definition) is 0. The molecule has 0 fully saturated rings. The molecule has 0 unspecified atom stereocenters. The molecule has 2 radical (unpaired) electrons. The first-order valence-electron chi connectivity index (χ1n) is 0. The molecule has 0 aliphatic rings. The van der Waals surface area contributed by atoms with Gasteiger partial charge in [0.2, 0.25) is 0 Å². The van der Waals surface area contributed by atoms with Gasteiger partial charge in [0.1, 0.15) is 0 Å². The van der Waals surface area contributed by atoms with E-state index < -0.39 is 0 Å². The van der Waals surface area contributed by atoms with Crippen molar-refractivity contribution in [2.24, 2.45) is 0 Å². The van der Waals surface area contributed by atoms with Crippen LogP contribution in [-0.4, -0.2) is 0 Å².